The zero-order valence-electron chi connectivity index (χ0n) is 14.1. The van der Waals surface area contributed by atoms with E-state index in [1.807, 2.05) is 9.80 Å². The molecule has 3 aliphatic rings. The van der Waals surface area contributed by atoms with Crippen LogP contribution in [0.3, 0.4) is 0 Å². The lowest BCUT2D eigenvalue weighted by molar-refractivity contribution is -0.135. The molecule has 1 N–H and O–H groups in total. The van der Waals surface area contributed by atoms with E-state index in [-0.39, 0.29) is 11.8 Å². The quantitative estimate of drug-likeness (QED) is 0.756. The molecule has 0 aromatic heterocycles. The summed E-state index contributed by atoms with van der Waals surface area (Å²) < 4.78 is 0. The summed E-state index contributed by atoms with van der Waals surface area (Å²) >= 11 is 0. The van der Waals surface area contributed by atoms with E-state index in [9.17, 15) is 9.59 Å². The van der Waals surface area contributed by atoms with Crippen LogP contribution in [-0.4, -0.2) is 85.4 Å². The van der Waals surface area contributed by atoms with Crippen molar-refractivity contribution in [3.05, 3.63) is 0 Å². The Bertz CT molecular complexity index is 411. The van der Waals surface area contributed by atoms with Gasteiger partial charge in [-0.05, 0) is 44.6 Å². The number of carbonyl (C=O) groups excluding carboxylic acids is 2. The van der Waals surface area contributed by atoms with Crippen molar-refractivity contribution in [1.29, 1.82) is 0 Å². The van der Waals surface area contributed by atoms with E-state index in [1.54, 1.807) is 0 Å². The summed E-state index contributed by atoms with van der Waals surface area (Å²) in [7, 11) is 0. The van der Waals surface area contributed by atoms with Crippen LogP contribution in [0.5, 0.6) is 0 Å². The molecule has 0 unspecified atom stereocenters. The number of nitrogens with zero attached hydrogens (tertiary/aromatic N) is 3. The molecule has 6 nitrogen and oxygen atoms in total. The first-order chi connectivity index (χ1) is 11.2. The number of carbonyl (C=O) groups is 2. The van der Waals surface area contributed by atoms with Crippen LogP contribution in [0, 0.1) is 5.92 Å². The fourth-order valence-corrected chi connectivity index (χ4v) is 3.41. The number of amides is 2. The van der Waals surface area contributed by atoms with Gasteiger partial charge in [-0.3, -0.25) is 14.5 Å². The molecule has 2 heterocycles. The Hall–Kier alpha value is -1.14. The van der Waals surface area contributed by atoms with Gasteiger partial charge in [-0.15, -0.1) is 0 Å². The van der Waals surface area contributed by atoms with Crippen molar-refractivity contribution in [2.24, 2.45) is 5.92 Å². The molecule has 0 radical (unpaired) electrons. The van der Waals surface area contributed by atoms with Crippen molar-refractivity contribution in [3.8, 4) is 0 Å². The monoisotopic (exact) mass is 322 g/mol. The van der Waals surface area contributed by atoms with Crippen molar-refractivity contribution in [3.63, 3.8) is 0 Å². The normalized spacial score (nSPS) is 23.1. The van der Waals surface area contributed by atoms with E-state index in [1.165, 1.54) is 19.3 Å². The predicted octanol–water partition coefficient (Wildman–Crippen LogP) is 0.143. The van der Waals surface area contributed by atoms with Crippen LogP contribution in [-0.2, 0) is 9.59 Å². The summed E-state index contributed by atoms with van der Waals surface area (Å²) in [4.78, 5) is 30.6. The summed E-state index contributed by atoms with van der Waals surface area (Å²) in [5, 5.41) is 3.27. The highest BCUT2D eigenvalue weighted by atomic mass is 16.2. The second kappa shape index (κ2) is 8.11. The maximum atomic E-state index is 12.3. The van der Waals surface area contributed by atoms with E-state index >= 15 is 0 Å². The van der Waals surface area contributed by atoms with Gasteiger partial charge in [0.05, 0.1) is 13.1 Å². The standard InChI is InChI=1S/C17H30N4O2/c22-16(13-18-12-15-4-5-15)21-10-8-19(9-11-21)14-17(23)20-6-2-1-3-7-20/h15,18H,1-14H2. The van der Waals surface area contributed by atoms with E-state index in [0.29, 0.717) is 13.1 Å². The lowest BCUT2D eigenvalue weighted by Crippen LogP contribution is -2.53. The summed E-state index contributed by atoms with van der Waals surface area (Å²) in [5.41, 5.74) is 0. The van der Waals surface area contributed by atoms with Crippen molar-refractivity contribution in [2.75, 3.05) is 58.9 Å². The average molecular weight is 322 g/mol. The second-order valence-electron chi connectivity index (χ2n) is 7.17. The molecule has 3 rings (SSSR count). The minimum absolute atomic E-state index is 0.202. The van der Waals surface area contributed by atoms with Gasteiger partial charge >= 0.3 is 0 Å². The van der Waals surface area contributed by atoms with Gasteiger partial charge in [-0.25, -0.2) is 0 Å². The zero-order chi connectivity index (χ0) is 16.1. The first kappa shape index (κ1) is 16.7. The van der Waals surface area contributed by atoms with Crippen LogP contribution >= 0.6 is 0 Å². The highest BCUT2D eigenvalue weighted by Gasteiger charge is 2.25. The number of hydrogen-bond donors (Lipinski definition) is 1. The Kier molecular flexibility index (Phi) is 5.89. The zero-order valence-corrected chi connectivity index (χ0v) is 14.1. The number of nitrogens with one attached hydrogen (secondary N) is 1. The van der Waals surface area contributed by atoms with Gasteiger partial charge in [0.1, 0.15) is 0 Å². The molecular formula is C17H30N4O2. The molecule has 0 bridgehead atoms. The highest BCUT2D eigenvalue weighted by Crippen LogP contribution is 2.27. The molecule has 0 aromatic carbocycles. The van der Waals surface area contributed by atoms with Crippen LogP contribution in [0.15, 0.2) is 0 Å². The highest BCUT2D eigenvalue weighted by molar-refractivity contribution is 5.79. The van der Waals surface area contributed by atoms with Crippen LogP contribution in [0.4, 0.5) is 0 Å². The van der Waals surface area contributed by atoms with E-state index in [4.69, 9.17) is 0 Å². The molecular weight excluding hydrogens is 292 g/mol. The lowest BCUT2D eigenvalue weighted by atomic mass is 10.1. The predicted molar refractivity (Wildman–Crippen MR) is 89.0 cm³/mol. The summed E-state index contributed by atoms with van der Waals surface area (Å²) in [5.74, 6) is 1.27. The van der Waals surface area contributed by atoms with Gasteiger partial charge in [0.15, 0.2) is 0 Å². The summed E-state index contributed by atoms with van der Waals surface area (Å²) in [6, 6.07) is 0. The largest absolute Gasteiger partial charge is 0.342 e. The molecule has 1 aliphatic carbocycles. The lowest BCUT2D eigenvalue weighted by Gasteiger charge is -2.36. The van der Waals surface area contributed by atoms with Crippen LogP contribution in [0.1, 0.15) is 32.1 Å². The number of hydrogen-bond acceptors (Lipinski definition) is 4. The average Bonchev–Trinajstić information content (AvgIpc) is 3.40. The molecule has 0 spiro atoms. The summed E-state index contributed by atoms with van der Waals surface area (Å²) in [6.07, 6.45) is 6.15. The maximum absolute atomic E-state index is 12.3. The van der Waals surface area contributed by atoms with Crippen LogP contribution in [0.25, 0.3) is 0 Å². The van der Waals surface area contributed by atoms with Crippen molar-refractivity contribution < 1.29 is 9.59 Å². The molecule has 0 atom stereocenters. The number of likely N-dealkylation sites (tertiary alicyclic amines) is 1. The van der Waals surface area contributed by atoms with Gasteiger partial charge in [-0.1, -0.05) is 0 Å². The van der Waals surface area contributed by atoms with Gasteiger partial charge < -0.3 is 15.1 Å². The smallest absolute Gasteiger partial charge is 0.236 e. The van der Waals surface area contributed by atoms with E-state index in [2.05, 4.69) is 10.2 Å². The first-order valence-electron chi connectivity index (χ1n) is 9.21. The first-order valence-corrected chi connectivity index (χ1v) is 9.21. The van der Waals surface area contributed by atoms with Crippen LogP contribution < -0.4 is 5.32 Å². The van der Waals surface area contributed by atoms with Gasteiger partial charge in [0, 0.05) is 39.3 Å². The fourth-order valence-electron chi connectivity index (χ4n) is 3.41. The van der Waals surface area contributed by atoms with Gasteiger partial charge in [0.2, 0.25) is 11.8 Å². The molecule has 2 amide bonds. The maximum Gasteiger partial charge on any atom is 0.236 e. The summed E-state index contributed by atoms with van der Waals surface area (Å²) in [6.45, 7) is 6.92. The van der Waals surface area contributed by atoms with Gasteiger partial charge in [-0.2, -0.15) is 0 Å². The topological polar surface area (TPSA) is 55.9 Å². The van der Waals surface area contributed by atoms with Gasteiger partial charge in [0.25, 0.3) is 0 Å². The third kappa shape index (κ3) is 5.18. The molecule has 6 heteroatoms. The second-order valence-corrected chi connectivity index (χ2v) is 7.17. The van der Waals surface area contributed by atoms with Crippen LogP contribution in [0.2, 0.25) is 0 Å². The minimum atomic E-state index is 0.202. The number of rotatable bonds is 6. The Balaban J connectivity index is 1.32. The van der Waals surface area contributed by atoms with Crippen molar-refractivity contribution >= 4 is 11.8 Å². The van der Waals surface area contributed by atoms with E-state index < -0.39 is 0 Å². The number of piperidine rings is 1. The van der Waals surface area contributed by atoms with Crippen molar-refractivity contribution in [2.45, 2.75) is 32.1 Å². The SMILES string of the molecule is O=C(CNCC1CC1)N1CCN(CC(=O)N2CCCCC2)CC1. The third-order valence-electron chi connectivity index (χ3n) is 5.20. The Morgan fingerprint density at radius 2 is 1.48 bits per heavy atom. The number of piperazine rings is 1. The molecule has 0 aromatic rings. The molecule has 2 saturated heterocycles. The Morgan fingerprint density at radius 3 is 2.13 bits per heavy atom. The molecule has 1 saturated carbocycles. The molecule has 2 aliphatic heterocycles. The minimum Gasteiger partial charge on any atom is -0.342 e. The molecule has 130 valence electrons. The van der Waals surface area contributed by atoms with E-state index in [0.717, 1.165) is 64.6 Å². The Morgan fingerprint density at radius 1 is 0.826 bits per heavy atom. The molecule has 23 heavy (non-hydrogen) atoms. The third-order valence-corrected chi connectivity index (χ3v) is 5.20. The fraction of sp³-hybridized carbons (Fsp3) is 0.882. The molecule has 3 fully saturated rings. The van der Waals surface area contributed by atoms with Crippen molar-refractivity contribution in [1.82, 2.24) is 20.0 Å². The Labute approximate surface area is 139 Å².